The van der Waals surface area contributed by atoms with Gasteiger partial charge in [0.2, 0.25) is 5.89 Å². The van der Waals surface area contributed by atoms with Crippen molar-refractivity contribution >= 4 is 9.84 Å². The third kappa shape index (κ3) is 2.87. The summed E-state index contributed by atoms with van der Waals surface area (Å²) >= 11 is 0. The van der Waals surface area contributed by atoms with Crippen LogP contribution in [-0.2, 0) is 16.3 Å². The summed E-state index contributed by atoms with van der Waals surface area (Å²) in [5.74, 6) is 1.41. The highest BCUT2D eigenvalue weighted by Crippen LogP contribution is 2.34. The summed E-state index contributed by atoms with van der Waals surface area (Å²) in [6.07, 6.45) is 4.76. The van der Waals surface area contributed by atoms with Gasteiger partial charge in [0.15, 0.2) is 9.84 Å². The number of nitrogens with one attached hydrogen (secondary N) is 1. The first-order valence-electron chi connectivity index (χ1n) is 5.94. The van der Waals surface area contributed by atoms with Crippen LogP contribution in [0.15, 0.2) is 10.6 Å². The summed E-state index contributed by atoms with van der Waals surface area (Å²) in [5.41, 5.74) is 0. The first-order valence-corrected chi connectivity index (χ1v) is 7.66. The number of oxazole rings is 1. The summed E-state index contributed by atoms with van der Waals surface area (Å²) in [6, 6.07) is 0. The maximum absolute atomic E-state index is 11.7. The minimum Gasteiger partial charge on any atom is -0.444 e. The highest BCUT2D eigenvalue weighted by Gasteiger charge is 2.36. The van der Waals surface area contributed by atoms with Crippen LogP contribution < -0.4 is 5.32 Å². The molecule has 1 unspecified atom stereocenters. The number of aromatic nitrogens is 1. The molecule has 1 aromatic rings. The van der Waals surface area contributed by atoms with Gasteiger partial charge in [-0.15, -0.1) is 0 Å². The monoisotopic (exact) mass is 258 g/mol. The molecule has 1 aromatic heterocycles. The van der Waals surface area contributed by atoms with E-state index in [9.17, 15) is 8.42 Å². The van der Waals surface area contributed by atoms with Crippen LogP contribution in [0.3, 0.4) is 0 Å². The van der Waals surface area contributed by atoms with Crippen molar-refractivity contribution in [2.45, 2.75) is 30.9 Å². The lowest BCUT2D eigenvalue weighted by Gasteiger charge is -2.03. The van der Waals surface area contributed by atoms with Gasteiger partial charge in [-0.25, -0.2) is 13.4 Å². The SMILES string of the molecule is CNCCCc1cnc(C2CCCS2(=O)=O)o1. The predicted molar refractivity (Wildman–Crippen MR) is 64.5 cm³/mol. The second kappa shape index (κ2) is 5.18. The van der Waals surface area contributed by atoms with Crippen LogP contribution in [0, 0.1) is 0 Å². The van der Waals surface area contributed by atoms with Crippen LogP contribution in [0.25, 0.3) is 0 Å². The van der Waals surface area contributed by atoms with Gasteiger partial charge in [0.1, 0.15) is 11.0 Å². The quantitative estimate of drug-likeness (QED) is 0.800. The number of hydrogen-bond acceptors (Lipinski definition) is 5. The molecular weight excluding hydrogens is 240 g/mol. The molecular formula is C11H18N2O3S. The Labute approximate surface area is 102 Å². The van der Waals surface area contributed by atoms with E-state index < -0.39 is 15.1 Å². The molecule has 0 bridgehead atoms. The third-order valence-electron chi connectivity index (χ3n) is 3.03. The minimum absolute atomic E-state index is 0.259. The molecule has 2 heterocycles. The summed E-state index contributed by atoms with van der Waals surface area (Å²) in [7, 11) is -1.12. The lowest BCUT2D eigenvalue weighted by atomic mass is 10.2. The van der Waals surface area contributed by atoms with E-state index in [0.717, 1.165) is 25.1 Å². The second-order valence-corrected chi connectivity index (χ2v) is 6.67. The van der Waals surface area contributed by atoms with Gasteiger partial charge >= 0.3 is 0 Å². The zero-order chi connectivity index (χ0) is 12.3. The van der Waals surface area contributed by atoms with Crippen molar-refractivity contribution in [1.29, 1.82) is 0 Å². The van der Waals surface area contributed by atoms with Crippen LogP contribution in [0.1, 0.15) is 36.2 Å². The lowest BCUT2D eigenvalue weighted by Crippen LogP contribution is -2.08. The van der Waals surface area contributed by atoms with Crippen LogP contribution >= 0.6 is 0 Å². The lowest BCUT2D eigenvalue weighted by molar-refractivity contribution is 0.438. The second-order valence-electron chi connectivity index (χ2n) is 4.37. The van der Waals surface area contributed by atoms with Crippen molar-refractivity contribution in [2.24, 2.45) is 0 Å². The normalized spacial score (nSPS) is 23.0. The molecule has 0 aromatic carbocycles. The number of nitrogens with zero attached hydrogens (tertiary/aromatic N) is 1. The largest absolute Gasteiger partial charge is 0.444 e. The highest BCUT2D eigenvalue weighted by atomic mass is 32.2. The Morgan fingerprint density at radius 1 is 1.59 bits per heavy atom. The van der Waals surface area contributed by atoms with Gasteiger partial charge in [-0.05, 0) is 32.9 Å². The van der Waals surface area contributed by atoms with E-state index in [1.165, 1.54) is 0 Å². The average Bonchev–Trinajstić information content (AvgIpc) is 2.85. The molecule has 0 amide bonds. The fraction of sp³-hybridized carbons (Fsp3) is 0.727. The molecule has 17 heavy (non-hydrogen) atoms. The Kier molecular flexibility index (Phi) is 3.83. The zero-order valence-corrected chi connectivity index (χ0v) is 10.8. The highest BCUT2D eigenvalue weighted by molar-refractivity contribution is 7.91. The van der Waals surface area contributed by atoms with Gasteiger partial charge in [0, 0.05) is 6.42 Å². The first kappa shape index (κ1) is 12.6. The molecule has 1 saturated heterocycles. The Bertz CT molecular complexity index is 467. The van der Waals surface area contributed by atoms with Gasteiger partial charge in [0.25, 0.3) is 0 Å². The fourth-order valence-electron chi connectivity index (χ4n) is 2.10. The Morgan fingerprint density at radius 3 is 3.06 bits per heavy atom. The molecule has 2 rings (SSSR count). The molecule has 0 spiro atoms. The molecule has 0 aliphatic carbocycles. The van der Waals surface area contributed by atoms with Crippen molar-refractivity contribution in [2.75, 3.05) is 19.3 Å². The minimum atomic E-state index is -3.02. The maximum atomic E-state index is 11.7. The molecule has 0 radical (unpaired) electrons. The molecule has 1 atom stereocenters. The van der Waals surface area contributed by atoms with Crippen molar-refractivity contribution < 1.29 is 12.8 Å². The summed E-state index contributed by atoms with van der Waals surface area (Å²) in [5, 5.41) is 2.54. The van der Waals surface area contributed by atoms with Gasteiger partial charge in [-0.1, -0.05) is 0 Å². The van der Waals surface area contributed by atoms with Gasteiger partial charge in [-0.3, -0.25) is 0 Å². The molecule has 1 fully saturated rings. The average molecular weight is 258 g/mol. The number of sulfone groups is 1. The van der Waals surface area contributed by atoms with E-state index >= 15 is 0 Å². The maximum Gasteiger partial charge on any atom is 0.212 e. The van der Waals surface area contributed by atoms with Crippen LogP contribution in [0.2, 0.25) is 0 Å². The van der Waals surface area contributed by atoms with E-state index in [4.69, 9.17) is 4.42 Å². The summed E-state index contributed by atoms with van der Waals surface area (Å²) in [6.45, 7) is 0.914. The number of rotatable bonds is 5. The Hall–Kier alpha value is -0.880. The molecule has 0 saturated carbocycles. The van der Waals surface area contributed by atoms with E-state index in [1.807, 2.05) is 7.05 Å². The van der Waals surface area contributed by atoms with Gasteiger partial charge < -0.3 is 9.73 Å². The molecule has 1 aliphatic heterocycles. The molecule has 5 nitrogen and oxygen atoms in total. The van der Waals surface area contributed by atoms with Crippen molar-refractivity contribution in [3.05, 3.63) is 17.8 Å². The molecule has 1 N–H and O–H groups in total. The van der Waals surface area contributed by atoms with Crippen LogP contribution in [0.5, 0.6) is 0 Å². The molecule has 96 valence electrons. The zero-order valence-electron chi connectivity index (χ0n) is 9.98. The van der Waals surface area contributed by atoms with Crippen molar-refractivity contribution in [3.63, 3.8) is 0 Å². The smallest absolute Gasteiger partial charge is 0.212 e. The number of aryl methyl sites for hydroxylation is 1. The molecule has 6 heteroatoms. The predicted octanol–water partition coefficient (Wildman–Crippen LogP) is 1.08. The van der Waals surface area contributed by atoms with Crippen molar-refractivity contribution in [1.82, 2.24) is 10.3 Å². The molecule has 1 aliphatic rings. The van der Waals surface area contributed by atoms with Crippen LogP contribution in [0.4, 0.5) is 0 Å². The summed E-state index contributed by atoms with van der Waals surface area (Å²) < 4.78 is 29.0. The fourth-order valence-corrected chi connectivity index (χ4v) is 3.89. The third-order valence-corrected chi connectivity index (χ3v) is 5.19. The first-order chi connectivity index (χ1) is 8.13. The topological polar surface area (TPSA) is 72.2 Å². The van der Waals surface area contributed by atoms with Gasteiger partial charge in [-0.2, -0.15) is 0 Å². The van der Waals surface area contributed by atoms with Crippen molar-refractivity contribution in [3.8, 4) is 0 Å². The van der Waals surface area contributed by atoms with E-state index in [2.05, 4.69) is 10.3 Å². The summed E-state index contributed by atoms with van der Waals surface area (Å²) in [4.78, 5) is 4.11. The van der Waals surface area contributed by atoms with E-state index in [1.54, 1.807) is 6.20 Å². The number of hydrogen-bond donors (Lipinski definition) is 1. The van der Waals surface area contributed by atoms with Crippen LogP contribution in [-0.4, -0.2) is 32.7 Å². The van der Waals surface area contributed by atoms with E-state index in [-0.39, 0.29) is 5.75 Å². The van der Waals surface area contributed by atoms with Gasteiger partial charge in [0.05, 0.1) is 11.9 Å². The Balaban J connectivity index is 2.03. The Morgan fingerprint density at radius 2 is 2.41 bits per heavy atom. The standard InChI is InChI=1S/C11H18N2O3S/c1-12-6-2-4-9-8-13-11(16-9)10-5-3-7-17(10,14)15/h8,10,12H,2-7H2,1H3. The van der Waals surface area contributed by atoms with E-state index in [0.29, 0.717) is 18.7 Å².